The van der Waals surface area contributed by atoms with E-state index in [0.717, 1.165) is 5.56 Å². The van der Waals surface area contributed by atoms with Crippen molar-refractivity contribution >= 4 is 23.2 Å². The highest BCUT2D eigenvalue weighted by molar-refractivity contribution is 7.07. The predicted octanol–water partition coefficient (Wildman–Crippen LogP) is 1.90. The summed E-state index contributed by atoms with van der Waals surface area (Å²) in [4.78, 5) is 25.2. The molecule has 2 amide bonds. The molecule has 1 heterocycles. The summed E-state index contributed by atoms with van der Waals surface area (Å²) in [6, 6.07) is 11.0. The van der Waals surface area contributed by atoms with E-state index in [1.54, 1.807) is 35.4 Å². The highest BCUT2D eigenvalue weighted by Crippen LogP contribution is 2.08. The molecule has 0 aliphatic rings. The van der Waals surface area contributed by atoms with Crippen LogP contribution >= 0.6 is 11.3 Å². The Balaban J connectivity index is 1.68. The molecule has 0 unspecified atom stereocenters. The summed E-state index contributed by atoms with van der Waals surface area (Å²) >= 11 is 1.59. The smallest absolute Gasteiger partial charge is 0.258 e. The van der Waals surface area contributed by atoms with Crippen LogP contribution in [0.3, 0.4) is 0 Å². The fraction of sp³-hybridized carbons (Fsp3) is 0.250. The zero-order valence-corrected chi connectivity index (χ0v) is 13.1. The van der Waals surface area contributed by atoms with Crippen LogP contribution in [-0.4, -0.2) is 36.9 Å². The lowest BCUT2D eigenvalue weighted by Gasteiger charge is -2.16. The predicted molar refractivity (Wildman–Crippen MR) is 85.7 cm³/mol. The summed E-state index contributed by atoms with van der Waals surface area (Å²) in [7, 11) is 1.71. The first-order valence-corrected chi connectivity index (χ1v) is 7.79. The second-order valence-corrected chi connectivity index (χ2v) is 5.54. The maximum absolute atomic E-state index is 11.9. The van der Waals surface area contributed by atoms with Gasteiger partial charge in [-0.25, -0.2) is 0 Å². The number of para-hydroxylation sites is 1. The number of hydrogen-bond acceptors (Lipinski definition) is 4. The van der Waals surface area contributed by atoms with Crippen molar-refractivity contribution in [1.29, 1.82) is 0 Å². The first-order chi connectivity index (χ1) is 10.6. The lowest BCUT2D eigenvalue weighted by atomic mass is 10.3. The van der Waals surface area contributed by atoms with E-state index in [0.29, 0.717) is 12.3 Å². The molecule has 1 aromatic carbocycles. The number of amides is 2. The Morgan fingerprint density at radius 3 is 2.68 bits per heavy atom. The Hall–Kier alpha value is -2.34. The molecule has 0 atom stereocenters. The Labute approximate surface area is 133 Å². The minimum atomic E-state index is -0.318. The van der Waals surface area contributed by atoms with Gasteiger partial charge in [-0.15, -0.1) is 0 Å². The average Bonchev–Trinajstić information content (AvgIpc) is 3.04. The van der Waals surface area contributed by atoms with Gasteiger partial charge in [-0.3, -0.25) is 9.59 Å². The number of nitrogens with zero attached hydrogens (tertiary/aromatic N) is 1. The summed E-state index contributed by atoms with van der Waals surface area (Å²) in [5.74, 6) is 0.166. The first-order valence-electron chi connectivity index (χ1n) is 6.85. The van der Waals surface area contributed by atoms with Gasteiger partial charge in [-0.05, 0) is 34.5 Å². The van der Waals surface area contributed by atoms with Crippen molar-refractivity contribution in [2.24, 2.45) is 0 Å². The van der Waals surface area contributed by atoms with Crippen LogP contribution in [0.15, 0.2) is 47.2 Å². The van der Waals surface area contributed by atoms with Gasteiger partial charge in [0.1, 0.15) is 5.75 Å². The van der Waals surface area contributed by atoms with E-state index in [4.69, 9.17) is 4.74 Å². The van der Waals surface area contributed by atoms with Gasteiger partial charge in [-0.1, -0.05) is 18.2 Å². The topological polar surface area (TPSA) is 58.6 Å². The molecule has 0 saturated carbocycles. The highest BCUT2D eigenvalue weighted by atomic mass is 32.1. The zero-order chi connectivity index (χ0) is 15.8. The molecule has 0 radical (unpaired) electrons. The number of carbonyl (C=O) groups excluding carboxylic acids is 2. The molecule has 116 valence electrons. The van der Waals surface area contributed by atoms with E-state index in [2.05, 4.69) is 5.32 Å². The van der Waals surface area contributed by atoms with Gasteiger partial charge in [0.05, 0.1) is 6.54 Å². The number of nitrogens with one attached hydrogen (secondary N) is 1. The summed E-state index contributed by atoms with van der Waals surface area (Å²) in [5, 5.41) is 6.53. The maximum Gasteiger partial charge on any atom is 0.258 e. The summed E-state index contributed by atoms with van der Waals surface area (Å²) in [6.45, 7) is 0.405. The van der Waals surface area contributed by atoms with E-state index in [9.17, 15) is 9.59 Å². The molecule has 0 aliphatic carbocycles. The summed E-state index contributed by atoms with van der Waals surface area (Å²) < 4.78 is 5.31. The van der Waals surface area contributed by atoms with Crippen LogP contribution in [0.5, 0.6) is 5.75 Å². The number of likely N-dealkylation sites (N-methyl/N-ethyl adjacent to an activating group) is 1. The van der Waals surface area contributed by atoms with Crippen LogP contribution in [0.25, 0.3) is 0 Å². The van der Waals surface area contributed by atoms with Crippen molar-refractivity contribution in [2.75, 3.05) is 20.2 Å². The van der Waals surface area contributed by atoms with Gasteiger partial charge < -0.3 is 15.0 Å². The van der Waals surface area contributed by atoms with E-state index in [1.165, 1.54) is 0 Å². The minimum absolute atomic E-state index is 0.0301. The van der Waals surface area contributed by atoms with E-state index < -0.39 is 0 Å². The van der Waals surface area contributed by atoms with E-state index in [1.807, 2.05) is 35.0 Å². The lowest BCUT2D eigenvalue weighted by molar-refractivity contribution is -0.132. The van der Waals surface area contributed by atoms with E-state index >= 15 is 0 Å². The van der Waals surface area contributed by atoms with Crippen LogP contribution in [0.2, 0.25) is 0 Å². The Bertz CT molecular complexity index is 599. The molecule has 0 saturated heterocycles. The monoisotopic (exact) mass is 318 g/mol. The fourth-order valence-electron chi connectivity index (χ4n) is 1.77. The van der Waals surface area contributed by atoms with Crippen molar-refractivity contribution in [2.45, 2.75) is 6.54 Å². The molecule has 1 aromatic heterocycles. The largest absolute Gasteiger partial charge is 0.484 e. The van der Waals surface area contributed by atoms with Crippen LogP contribution in [0, 0.1) is 0 Å². The fourth-order valence-corrected chi connectivity index (χ4v) is 2.43. The summed E-state index contributed by atoms with van der Waals surface area (Å²) in [5.41, 5.74) is 1.08. The minimum Gasteiger partial charge on any atom is -0.484 e. The number of benzene rings is 1. The summed E-state index contributed by atoms with van der Waals surface area (Å²) in [6.07, 6.45) is 0. The zero-order valence-electron chi connectivity index (χ0n) is 12.3. The maximum atomic E-state index is 11.9. The molecule has 6 heteroatoms. The number of carbonyl (C=O) groups is 2. The second kappa shape index (κ2) is 8.19. The molecule has 1 N–H and O–H groups in total. The van der Waals surface area contributed by atoms with Gasteiger partial charge >= 0.3 is 0 Å². The average molecular weight is 318 g/mol. The standard InChI is InChI=1S/C16H18N2O3S/c1-18(10-13-7-8-22-12-13)16(20)9-17-15(19)11-21-14-5-3-2-4-6-14/h2-8,12H,9-11H2,1H3,(H,17,19). The third-order valence-electron chi connectivity index (χ3n) is 2.98. The van der Waals surface area contributed by atoms with Crippen LogP contribution < -0.4 is 10.1 Å². The highest BCUT2D eigenvalue weighted by Gasteiger charge is 2.11. The SMILES string of the molecule is CN(Cc1ccsc1)C(=O)CNC(=O)COc1ccccc1. The van der Waals surface area contributed by atoms with Crippen molar-refractivity contribution in [3.05, 3.63) is 52.7 Å². The molecule has 2 aromatic rings. The van der Waals surface area contributed by atoms with Crippen molar-refractivity contribution in [1.82, 2.24) is 10.2 Å². The third-order valence-corrected chi connectivity index (χ3v) is 3.71. The number of thiophene rings is 1. The molecule has 2 rings (SSSR count). The normalized spacial score (nSPS) is 10.0. The number of rotatable bonds is 7. The van der Waals surface area contributed by atoms with Crippen LogP contribution in [0.4, 0.5) is 0 Å². The molecule has 0 bridgehead atoms. The first kappa shape index (κ1) is 16.0. The molecular formula is C16H18N2O3S. The molecule has 0 spiro atoms. The van der Waals surface area contributed by atoms with Crippen molar-refractivity contribution < 1.29 is 14.3 Å². The third kappa shape index (κ3) is 5.21. The Kier molecular flexibility index (Phi) is 5.97. The second-order valence-electron chi connectivity index (χ2n) is 4.76. The van der Waals surface area contributed by atoms with Crippen LogP contribution in [-0.2, 0) is 16.1 Å². The van der Waals surface area contributed by atoms with Gasteiger partial charge in [0.2, 0.25) is 5.91 Å². The number of hydrogen-bond donors (Lipinski definition) is 1. The molecule has 0 aliphatic heterocycles. The van der Waals surface area contributed by atoms with Crippen molar-refractivity contribution in [3.63, 3.8) is 0 Å². The molecule has 22 heavy (non-hydrogen) atoms. The Morgan fingerprint density at radius 2 is 2.00 bits per heavy atom. The Morgan fingerprint density at radius 1 is 1.23 bits per heavy atom. The van der Waals surface area contributed by atoms with E-state index in [-0.39, 0.29) is 25.0 Å². The molecular weight excluding hydrogens is 300 g/mol. The number of ether oxygens (including phenoxy) is 1. The van der Waals surface area contributed by atoms with Gasteiger partial charge in [-0.2, -0.15) is 11.3 Å². The lowest BCUT2D eigenvalue weighted by Crippen LogP contribution is -2.39. The van der Waals surface area contributed by atoms with Crippen molar-refractivity contribution in [3.8, 4) is 5.75 Å². The van der Waals surface area contributed by atoms with Gasteiger partial charge in [0.25, 0.3) is 5.91 Å². The molecule has 0 fully saturated rings. The van der Waals surface area contributed by atoms with Crippen LogP contribution in [0.1, 0.15) is 5.56 Å². The van der Waals surface area contributed by atoms with Gasteiger partial charge in [0.15, 0.2) is 6.61 Å². The van der Waals surface area contributed by atoms with Gasteiger partial charge in [0, 0.05) is 13.6 Å². The molecule has 5 nitrogen and oxygen atoms in total. The quantitative estimate of drug-likeness (QED) is 0.848.